The van der Waals surface area contributed by atoms with Crippen molar-refractivity contribution in [2.75, 3.05) is 4.90 Å². The molecule has 0 N–H and O–H groups in total. The Labute approximate surface area is 224 Å². The van der Waals surface area contributed by atoms with Crippen LogP contribution in [0.2, 0.25) is 0 Å². The quantitative estimate of drug-likeness (QED) is 0.221. The molecule has 3 heterocycles. The molecule has 5 rings (SSSR count). The zero-order valence-corrected chi connectivity index (χ0v) is 22.5. The Bertz CT molecular complexity index is 1380. The average molecular weight is 525 g/mol. The first-order valence-corrected chi connectivity index (χ1v) is 13.2. The van der Waals surface area contributed by atoms with Gasteiger partial charge in [-0.2, -0.15) is 15.0 Å². The van der Waals surface area contributed by atoms with Gasteiger partial charge in [-0.25, -0.2) is 19.9 Å². The van der Waals surface area contributed by atoms with Gasteiger partial charge < -0.3 is 0 Å². The van der Waals surface area contributed by atoms with E-state index in [-0.39, 0.29) is 0 Å². The molecule has 0 atom stereocenters. The predicted octanol–water partition coefficient (Wildman–Crippen LogP) is 6.46. The van der Waals surface area contributed by atoms with Crippen LogP contribution in [0.1, 0.15) is 22.8 Å². The maximum Gasteiger partial charge on any atom is 0.239 e. The number of hydrogen-bond donors (Lipinski definition) is 0. The van der Waals surface area contributed by atoms with E-state index in [0.29, 0.717) is 26.6 Å². The van der Waals surface area contributed by atoms with Crippen LogP contribution in [0.5, 0.6) is 0 Å². The minimum absolute atomic E-state index is 0.478. The van der Waals surface area contributed by atoms with E-state index in [2.05, 4.69) is 19.9 Å². The Morgan fingerprint density at radius 1 is 0.459 bits per heavy atom. The number of anilines is 3. The highest BCUT2D eigenvalue weighted by molar-refractivity contribution is 7.99. The molecule has 0 saturated carbocycles. The van der Waals surface area contributed by atoms with E-state index in [9.17, 15) is 0 Å². The lowest BCUT2D eigenvalue weighted by atomic mass is 10.2. The summed E-state index contributed by atoms with van der Waals surface area (Å²) in [6, 6.07) is 23.9. The molecule has 0 bridgehead atoms. The lowest BCUT2D eigenvalue weighted by Crippen LogP contribution is -2.15. The van der Waals surface area contributed by atoms with E-state index in [4.69, 9.17) is 15.0 Å². The maximum atomic E-state index is 4.85. The van der Waals surface area contributed by atoms with Crippen molar-refractivity contribution in [2.45, 2.75) is 48.3 Å². The molecule has 0 unspecified atom stereocenters. The first kappa shape index (κ1) is 24.8. The molecule has 0 spiro atoms. The number of para-hydroxylation sites is 2. The van der Waals surface area contributed by atoms with Crippen LogP contribution in [0.3, 0.4) is 0 Å². The fourth-order valence-corrected chi connectivity index (χ4v) is 5.36. The van der Waals surface area contributed by atoms with Gasteiger partial charge in [0.2, 0.25) is 16.3 Å². The highest BCUT2D eigenvalue weighted by Crippen LogP contribution is 2.35. The standard InChI is InChI=1S/C27H24N8S2/c1-17-15-18(2)29-24(28-17)36-26-32-23(33-27(34-26)37-25-30-19(3)16-20(4)31-25)35(21-11-7-5-8-12-21)22-13-9-6-10-14-22/h5-16H,1-4H3. The van der Waals surface area contributed by atoms with Gasteiger partial charge in [-0.1, -0.05) is 36.4 Å². The molecule has 0 aliphatic heterocycles. The smallest absolute Gasteiger partial charge is 0.239 e. The second-order valence-corrected chi connectivity index (χ2v) is 10.1. The normalized spacial score (nSPS) is 10.9. The molecule has 0 aliphatic rings. The molecular formula is C27H24N8S2. The van der Waals surface area contributed by atoms with Gasteiger partial charge in [-0.3, -0.25) is 4.90 Å². The summed E-state index contributed by atoms with van der Waals surface area (Å²) in [6.45, 7) is 7.79. The summed E-state index contributed by atoms with van der Waals surface area (Å²) in [6.07, 6.45) is 0. The predicted molar refractivity (Wildman–Crippen MR) is 146 cm³/mol. The second kappa shape index (κ2) is 11.0. The number of benzene rings is 2. The lowest BCUT2D eigenvalue weighted by molar-refractivity contribution is 0.785. The van der Waals surface area contributed by atoms with E-state index < -0.39 is 0 Å². The van der Waals surface area contributed by atoms with Crippen LogP contribution < -0.4 is 4.90 Å². The molecule has 37 heavy (non-hydrogen) atoms. The fourth-order valence-electron chi connectivity index (χ4n) is 3.70. The van der Waals surface area contributed by atoms with Gasteiger partial charge >= 0.3 is 0 Å². The van der Waals surface area contributed by atoms with Crippen LogP contribution in [0.4, 0.5) is 17.3 Å². The molecule has 5 aromatic rings. The van der Waals surface area contributed by atoms with Gasteiger partial charge in [-0.05, 0) is 87.6 Å². The average Bonchev–Trinajstić information content (AvgIpc) is 2.84. The van der Waals surface area contributed by atoms with E-state index in [0.717, 1.165) is 34.2 Å². The molecule has 184 valence electrons. The van der Waals surface area contributed by atoms with E-state index in [1.807, 2.05) is 105 Å². The molecule has 10 heteroatoms. The summed E-state index contributed by atoms with van der Waals surface area (Å²) < 4.78 is 0. The van der Waals surface area contributed by atoms with Crippen LogP contribution in [0.25, 0.3) is 0 Å². The summed E-state index contributed by atoms with van der Waals surface area (Å²) in [5.74, 6) is 0.478. The van der Waals surface area contributed by atoms with Crippen molar-refractivity contribution in [1.82, 2.24) is 34.9 Å². The molecular weight excluding hydrogens is 500 g/mol. The minimum Gasteiger partial charge on any atom is -0.279 e. The Morgan fingerprint density at radius 3 is 1.19 bits per heavy atom. The second-order valence-electron chi connectivity index (χ2n) is 8.28. The van der Waals surface area contributed by atoms with Crippen LogP contribution in [-0.4, -0.2) is 34.9 Å². The zero-order valence-electron chi connectivity index (χ0n) is 20.8. The van der Waals surface area contributed by atoms with E-state index >= 15 is 0 Å². The van der Waals surface area contributed by atoms with Crippen LogP contribution >= 0.6 is 23.5 Å². The zero-order chi connectivity index (χ0) is 25.8. The van der Waals surface area contributed by atoms with E-state index in [1.54, 1.807) is 0 Å². The summed E-state index contributed by atoms with van der Waals surface area (Å²) in [5, 5.41) is 2.14. The summed E-state index contributed by atoms with van der Waals surface area (Å²) >= 11 is 2.61. The lowest BCUT2D eigenvalue weighted by Gasteiger charge is -2.23. The van der Waals surface area contributed by atoms with Crippen molar-refractivity contribution in [3.05, 3.63) is 95.6 Å². The molecule has 0 amide bonds. The van der Waals surface area contributed by atoms with Gasteiger partial charge in [0.05, 0.1) is 0 Å². The molecule has 8 nitrogen and oxygen atoms in total. The third kappa shape index (κ3) is 6.28. The Hall–Kier alpha value is -3.89. The largest absolute Gasteiger partial charge is 0.279 e. The number of hydrogen-bond acceptors (Lipinski definition) is 10. The van der Waals surface area contributed by atoms with Gasteiger partial charge in [0.15, 0.2) is 10.3 Å². The molecule has 0 fully saturated rings. The minimum atomic E-state index is 0.478. The van der Waals surface area contributed by atoms with Gasteiger partial charge in [0.25, 0.3) is 0 Å². The van der Waals surface area contributed by atoms with Crippen molar-refractivity contribution in [3.63, 3.8) is 0 Å². The number of aromatic nitrogens is 7. The Balaban J connectivity index is 1.63. The molecule has 0 aliphatic carbocycles. The fraction of sp³-hybridized carbons (Fsp3) is 0.148. The third-order valence-corrected chi connectivity index (χ3v) is 6.56. The van der Waals surface area contributed by atoms with Crippen molar-refractivity contribution >= 4 is 40.8 Å². The highest BCUT2D eigenvalue weighted by atomic mass is 32.2. The van der Waals surface area contributed by atoms with E-state index in [1.165, 1.54) is 23.5 Å². The number of aryl methyl sites for hydroxylation is 4. The van der Waals surface area contributed by atoms with Crippen molar-refractivity contribution < 1.29 is 0 Å². The molecule has 3 aromatic heterocycles. The number of nitrogens with zero attached hydrogens (tertiary/aromatic N) is 8. The van der Waals surface area contributed by atoms with Gasteiger partial charge in [0, 0.05) is 34.2 Å². The summed E-state index contributed by atoms with van der Waals surface area (Å²) in [5.41, 5.74) is 5.40. The monoisotopic (exact) mass is 524 g/mol. The molecule has 0 radical (unpaired) electrons. The third-order valence-electron chi connectivity index (χ3n) is 5.10. The van der Waals surface area contributed by atoms with Gasteiger partial charge in [0.1, 0.15) is 0 Å². The first-order chi connectivity index (χ1) is 17.9. The SMILES string of the molecule is Cc1cc(C)nc(Sc2nc(Sc3nc(C)cc(C)n3)nc(N(c3ccccc3)c3ccccc3)n2)n1. The van der Waals surface area contributed by atoms with Gasteiger partial charge in [-0.15, -0.1) is 0 Å². The maximum absolute atomic E-state index is 4.85. The highest BCUT2D eigenvalue weighted by Gasteiger charge is 2.20. The molecule has 2 aromatic carbocycles. The van der Waals surface area contributed by atoms with Crippen molar-refractivity contribution in [2.24, 2.45) is 0 Å². The van der Waals surface area contributed by atoms with Crippen molar-refractivity contribution in [1.29, 1.82) is 0 Å². The Morgan fingerprint density at radius 2 is 0.811 bits per heavy atom. The number of rotatable bonds is 7. The van der Waals surface area contributed by atoms with Crippen LogP contribution in [0.15, 0.2) is 93.4 Å². The summed E-state index contributed by atoms with van der Waals surface area (Å²) in [4.78, 5) is 34.7. The Kier molecular flexibility index (Phi) is 7.38. The van der Waals surface area contributed by atoms with Crippen LogP contribution in [-0.2, 0) is 0 Å². The van der Waals surface area contributed by atoms with Crippen LogP contribution in [0, 0.1) is 27.7 Å². The molecule has 0 saturated heterocycles. The first-order valence-electron chi connectivity index (χ1n) is 11.6. The summed E-state index contributed by atoms with van der Waals surface area (Å²) in [7, 11) is 0. The van der Waals surface area contributed by atoms with Crippen molar-refractivity contribution in [3.8, 4) is 0 Å². The topological polar surface area (TPSA) is 93.5 Å².